The fraction of sp³-hybridized carbons (Fsp3) is 0.333. The zero-order valence-corrected chi connectivity index (χ0v) is 28.5. The van der Waals surface area contributed by atoms with Gasteiger partial charge in [0.15, 0.2) is 5.56 Å². The number of fused-ring (bicyclic) bond motifs is 2. The van der Waals surface area contributed by atoms with E-state index < -0.39 is 29.9 Å². The zero-order chi connectivity index (χ0) is 35.5. The lowest BCUT2D eigenvalue weighted by atomic mass is 10.0. The van der Waals surface area contributed by atoms with Gasteiger partial charge in [-0.3, -0.25) is 0 Å². The fourth-order valence-corrected chi connectivity index (χ4v) is 5.14. The number of carbonyl (C=O) groups excluding carboxylic acids is 3. The van der Waals surface area contributed by atoms with Gasteiger partial charge in [0, 0.05) is 33.1 Å². The number of ether oxygens (including phenoxy) is 3. The number of esters is 1. The maximum atomic E-state index is 12.2. The van der Waals surface area contributed by atoms with E-state index in [1.165, 1.54) is 35.7 Å². The number of carbonyl (C=O) groups is 4. The molecule has 4 aromatic rings. The average molecular weight is 695 g/mol. The number of carboxylic acid groups (broad SMARTS) is 1. The highest BCUT2D eigenvalue weighted by atomic mass is 35.5. The summed E-state index contributed by atoms with van der Waals surface area (Å²) in [5, 5.41) is 8.30. The first-order valence-electron chi connectivity index (χ1n) is 15.7. The van der Waals surface area contributed by atoms with Crippen LogP contribution in [-0.2, 0) is 40.1 Å². The van der Waals surface area contributed by atoms with Crippen LogP contribution in [-0.4, -0.2) is 64.0 Å². The van der Waals surface area contributed by atoms with Crippen molar-refractivity contribution in [1.82, 2.24) is 9.80 Å². The standard InChI is InChI=1S/C18H19NO5.C12H14ClNO2.C6H6O3/c1-12-7-8-16(22-12)17(20)23-13(2)24-18(21)19-10-9-14-5-3-4-6-15(14)11-19;1-9(13)16-12(15)14-7-6-10-4-2-3-5-11(10)8-14;1-4-2-3-5(9-4)6(7)8/h3-8,13H,9-11H2,1-2H3;2-5,9H,6-8H2,1H3;2-3H,1H3,(H,7,8). The van der Waals surface area contributed by atoms with Crippen molar-refractivity contribution in [1.29, 1.82) is 0 Å². The summed E-state index contributed by atoms with van der Waals surface area (Å²) in [6.07, 6.45) is -0.169. The summed E-state index contributed by atoms with van der Waals surface area (Å²) in [7, 11) is 0. The van der Waals surface area contributed by atoms with Gasteiger partial charge in [0.05, 0.1) is 0 Å². The molecule has 49 heavy (non-hydrogen) atoms. The number of hydrogen-bond acceptors (Lipinski definition) is 9. The monoisotopic (exact) mass is 694 g/mol. The van der Waals surface area contributed by atoms with Gasteiger partial charge in [0.1, 0.15) is 11.5 Å². The van der Waals surface area contributed by atoms with Gasteiger partial charge in [0.25, 0.3) is 0 Å². The van der Waals surface area contributed by atoms with Gasteiger partial charge in [-0.15, -0.1) is 0 Å². The van der Waals surface area contributed by atoms with Gasteiger partial charge >= 0.3 is 24.1 Å². The van der Waals surface area contributed by atoms with Crippen LogP contribution in [0.15, 0.2) is 81.6 Å². The largest absolute Gasteiger partial charge is 0.475 e. The summed E-state index contributed by atoms with van der Waals surface area (Å²) >= 11 is 5.62. The number of hydrogen-bond donors (Lipinski definition) is 1. The number of benzene rings is 2. The zero-order valence-electron chi connectivity index (χ0n) is 27.7. The van der Waals surface area contributed by atoms with E-state index in [1.807, 2.05) is 36.4 Å². The molecule has 2 atom stereocenters. The SMILES string of the molecule is CC(Cl)OC(=O)N1CCc2ccccc2C1.Cc1ccc(C(=O)O)o1.Cc1ccc(C(=O)OC(C)OC(=O)N2CCc3ccccc3C2)o1. The molecule has 2 amide bonds. The number of aryl methyl sites for hydroxylation is 2. The van der Waals surface area contributed by atoms with E-state index in [2.05, 4.69) is 12.1 Å². The van der Waals surface area contributed by atoms with Crippen LogP contribution >= 0.6 is 11.6 Å². The van der Waals surface area contributed by atoms with E-state index >= 15 is 0 Å². The fourth-order valence-electron chi connectivity index (χ4n) is 5.06. The smallest absolute Gasteiger partial charge is 0.413 e. The van der Waals surface area contributed by atoms with Crippen LogP contribution in [0.5, 0.6) is 0 Å². The number of alkyl halides is 1. The summed E-state index contributed by atoms with van der Waals surface area (Å²) in [6.45, 7) is 8.95. The lowest BCUT2D eigenvalue weighted by Crippen LogP contribution is -2.38. The molecule has 0 aliphatic carbocycles. The molecule has 2 aromatic carbocycles. The van der Waals surface area contributed by atoms with Crippen LogP contribution in [0, 0.1) is 13.8 Å². The van der Waals surface area contributed by atoms with Crippen LogP contribution in [0.4, 0.5) is 9.59 Å². The van der Waals surface area contributed by atoms with Crippen molar-refractivity contribution in [3.63, 3.8) is 0 Å². The lowest BCUT2D eigenvalue weighted by Gasteiger charge is -2.29. The second kappa shape index (κ2) is 17.3. The summed E-state index contributed by atoms with van der Waals surface area (Å²) < 4.78 is 25.2. The van der Waals surface area contributed by atoms with Crippen molar-refractivity contribution in [3.05, 3.63) is 118 Å². The predicted molar refractivity (Wildman–Crippen MR) is 178 cm³/mol. The highest BCUT2D eigenvalue weighted by molar-refractivity contribution is 6.19. The first-order valence-corrected chi connectivity index (χ1v) is 16.1. The van der Waals surface area contributed by atoms with Crippen LogP contribution in [0.3, 0.4) is 0 Å². The molecule has 2 aliphatic heterocycles. The molecular formula is C36H39ClN2O10. The van der Waals surface area contributed by atoms with Crippen LogP contribution < -0.4 is 0 Å². The van der Waals surface area contributed by atoms with Gasteiger partial charge in [-0.05, 0) is 80.1 Å². The minimum Gasteiger partial charge on any atom is -0.475 e. The molecule has 0 radical (unpaired) electrons. The van der Waals surface area contributed by atoms with Gasteiger partial charge in [0.2, 0.25) is 17.8 Å². The summed E-state index contributed by atoms with van der Waals surface area (Å²) in [5.41, 5.74) is 4.27. The number of amides is 2. The van der Waals surface area contributed by atoms with Crippen molar-refractivity contribution < 1.29 is 47.3 Å². The molecule has 0 saturated carbocycles. The van der Waals surface area contributed by atoms with Gasteiger partial charge < -0.3 is 38.0 Å². The van der Waals surface area contributed by atoms with Crippen LogP contribution in [0.1, 0.15) is 68.7 Å². The molecule has 6 rings (SSSR count). The Kier molecular flexibility index (Phi) is 12.9. The predicted octanol–water partition coefficient (Wildman–Crippen LogP) is 7.34. The molecule has 2 unspecified atom stereocenters. The molecule has 2 aliphatic rings. The van der Waals surface area contributed by atoms with Crippen molar-refractivity contribution in [2.45, 2.75) is 65.5 Å². The van der Waals surface area contributed by atoms with E-state index in [0.29, 0.717) is 37.7 Å². The summed E-state index contributed by atoms with van der Waals surface area (Å²) in [6, 6.07) is 22.4. The second-order valence-corrected chi connectivity index (χ2v) is 11.9. The third-order valence-corrected chi connectivity index (χ3v) is 7.56. The Labute approximate surface area is 289 Å². The van der Waals surface area contributed by atoms with E-state index in [1.54, 1.807) is 42.7 Å². The van der Waals surface area contributed by atoms with Crippen molar-refractivity contribution in [3.8, 4) is 0 Å². The van der Waals surface area contributed by atoms with Crippen molar-refractivity contribution >= 4 is 35.7 Å². The lowest BCUT2D eigenvalue weighted by molar-refractivity contribution is -0.0717. The Bertz CT molecular complexity index is 1750. The van der Waals surface area contributed by atoms with Gasteiger partial charge in [-0.1, -0.05) is 60.1 Å². The third-order valence-electron chi connectivity index (χ3n) is 7.47. The molecule has 12 nitrogen and oxygen atoms in total. The molecular weight excluding hydrogens is 656 g/mol. The van der Waals surface area contributed by atoms with E-state index in [-0.39, 0.29) is 17.6 Å². The van der Waals surface area contributed by atoms with Gasteiger partial charge in [-0.25, -0.2) is 19.2 Å². The summed E-state index contributed by atoms with van der Waals surface area (Å²) in [4.78, 5) is 49.1. The highest BCUT2D eigenvalue weighted by Gasteiger charge is 2.25. The molecule has 0 saturated heterocycles. The number of rotatable bonds is 5. The number of nitrogens with zero attached hydrogens (tertiary/aromatic N) is 2. The maximum Gasteiger partial charge on any atom is 0.413 e. The molecule has 2 aromatic heterocycles. The normalized spacial score (nSPS) is 14.3. The first kappa shape index (κ1) is 36.6. The van der Waals surface area contributed by atoms with Crippen LogP contribution in [0.25, 0.3) is 0 Å². The molecule has 0 spiro atoms. The Morgan fingerprint density at radius 2 is 1.12 bits per heavy atom. The van der Waals surface area contributed by atoms with Crippen LogP contribution in [0.2, 0.25) is 0 Å². The number of aromatic carboxylic acids is 1. The minimum atomic E-state index is -1.02. The van der Waals surface area contributed by atoms with Crippen molar-refractivity contribution in [2.24, 2.45) is 0 Å². The summed E-state index contributed by atoms with van der Waals surface area (Å²) in [5.74, 6) is -0.378. The van der Waals surface area contributed by atoms with E-state index in [9.17, 15) is 19.2 Å². The van der Waals surface area contributed by atoms with Gasteiger partial charge in [-0.2, -0.15) is 0 Å². The molecule has 13 heteroatoms. The third kappa shape index (κ3) is 10.9. The Balaban J connectivity index is 0.000000185. The Hall–Kier alpha value is -5.23. The molecule has 0 bridgehead atoms. The number of halogens is 1. The number of furan rings is 2. The quantitative estimate of drug-likeness (QED) is 0.128. The van der Waals surface area contributed by atoms with Crippen molar-refractivity contribution in [2.75, 3.05) is 13.1 Å². The Morgan fingerprint density at radius 3 is 1.53 bits per heavy atom. The highest BCUT2D eigenvalue weighted by Crippen LogP contribution is 2.21. The van der Waals surface area contributed by atoms with E-state index in [4.69, 9.17) is 39.8 Å². The Morgan fingerprint density at radius 1 is 0.673 bits per heavy atom. The molecule has 4 heterocycles. The minimum absolute atomic E-state index is 0.00694. The molecule has 0 fully saturated rings. The average Bonchev–Trinajstić information content (AvgIpc) is 3.73. The van der Waals surface area contributed by atoms with E-state index in [0.717, 1.165) is 18.4 Å². The molecule has 1 N–H and O–H groups in total. The topological polar surface area (TPSA) is 149 Å². The first-order chi connectivity index (χ1) is 23.4. The second-order valence-electron chi connectivity index (χ2n) is 11.3. The number of carboxylic acids is 1. The maximum absolute atomic E-state index is 12.2. The molecule has 260 valence electrons.